The van der Waals surface area contributed by atoms with Crippen molar-refractivity contribution in [2.24, 2.45) is 0 Å². The zero-order chi connectivity index (χ0) is 22.9. The predicted molar refractivity (Wildman–Crippen MR) is 121 cm³/mol. The van der Waals surface area contributed by atoms with Crippen LogP contribution in [-0.4, -0.2) is 46.1 Å². The number of carbonyl (C=O) groups excluding carboxylic acids is 1. The summed E-state index contributed by atoms with van der Waals surface area (Å²) in [4.78, 5) is 12.4. The van der Waals surface area contributed by atoms with Gasteiger partial charge in [-0.3, -0.25) is 9.48 Å². The molecule has 0 spiro atoms. The van der Waals surface area contributed by atoms with Crippen LogP contribution < -0.4 is 15.4 Å². The Kier molecular flexibility index (Phi) is 8.13. The van der Waals surface area contributed by atoms with Crippen LogP contribution in [-0.2, 0) is 17.8 Å². The Balaban J connectivity index is 1.50. The van der Waals surface area contributed by atoms with Gasteiger partial charge in [0.25, 0.3) is 0 Å². The van der Waals surface area contributed by atoms with E-state index < -0.39 is 0 Å². The number of nitrogens with zero attached hydrogens (tertiary/aromatic N) is 4. The Morgan fingerprint density at radius 3 is 2.91 bits per heavy atom. The van der Waals surface area contributed by atoms with Gasteiger partial charge in [-0.15, -0.1) is 5.10 Å². The van der Waals surface area contributed by atoms with Gasteiger partial charge in [0.15, 0.2) is 5.82 Å². The molecule has 0 unspecified atom stereocenters. The SMILES string of the molecule is C=C/C(C)=C(F)\C=C/Cc1cc(C2CC2)n(CC(=O)NCCNc2cc(OC)cnn2)n1. The number of methoxy groups -OCH3 is 1. The first-order valence-corrected chi connectivity index (χ1v) is 10.6. The molecule has 2 aromatic heterocycles. The fourth-order valence-electron chi connectivity index (χ4n) is 3.06. The van der Waals surface area contributed by atoms with Crippen molar-refractivity contribution < 1.29 is 13.9 Å². The first-order chi connectivity index (χ1) is 15.5. The van der Waals surface area contributed by atoms with Crippen molar-refractivity contribution in [2.75, 3.05) is 25.5 Å². The van der Waals surface area contributed by atoms with Gasteiger partial charge in [-0.25, -0.2) is 4.39 Å². The fourth-order valence-corrected chi connectivity index (χ4v) is 3.06. The van der Waals surface area contributed by atoms with Crippen LogP contribution in [0.2, 0.25) is 0 Å². The van der Waals surface area contributed by atoms with E-state index in [0.717, 1.165) is 24.2 Å². The van der Waals surface area contributed by atoms with Crippen molar-refractivity contribution in [3.63, 3.8) is 0 Å². The standard InChI is InChI=1S/C23H29FN6O2/c1-4-16(2)20(24)7-5-6-18-12-21(17-8-9-17)30(29-18)15-23(31)26-11-10-25-22-13-19(32-3)14-27-28-22/h4-5,7,12-14,17H,1,6,8-11,15H2,2-3H3,(H,25,28)(H,26,31)/b7-5-,20-16+. The first kappa shape index (κ1) is 23.2. The topological polar surface area (TPSA) is 94.0 Å². The first-order valence-electron chi connectivity index (χ1n) is 10.6. The lowest BCUT2D eigenvalue weighted by Gasteiger charge is -2.09. The summed E-state index contributed by atoms with van der Waals surface area (Å²) in [6, 6.07) is 3.75. The lowest BCUT2D eigenvalue weighted by Crippen LogP contribution is -2.32. The molecular weight excluding hydrogens is 411 g/mol. The minimum absolute atomic E-state index is 0.119. The van der Waals surface area contributed by atoms with Crippen LogP contribution in [0.25, 0.3) is 0 Å². The number of aromatic nitrogens is 4. The van der Waals surface area contributed by atoms with Crippen LogP contribution in [0.5, 0.6) is 5.75 Å². The quantitative estimate of drug-likeness (QED) is 0.388. The van der Waals surface area contributed by atoms with Gasteiger partial charge in [0.05, 0.1) is 19.0 Å². The minimum Gasteiger partial charge on any atom is -0.495 e. The minimum atomic E-state index is -0.310. The Morgan fingerprint density at radius 1 is 1.38 bits per heavy atom. The molecule has 170 valence electrons. The van der Waals surface area contributed by atoms with Crippen LogP contribution in [0.1, 0.15) is 37.1 Å². The van der Waals surface area contributed by atoms with Crippen molar-refractivity contribution in [1.82, 2.24) is 25.3 Å². The fraction of sp³-hybridized carbons (Fsp3) is 0.391. The lowest BCUT2D eigenvalue weighted by molar-refractivity contribution is -0.121. The van der Waals surface area contributed by atoms with Gasteiger partial charge in [-0.1, -0.05) is 18.7 Å². The van der Waals surface area contributed by atoms with Gasteiger partial charge >= 0.3 is 0 Å². The summed E-state index contributed by atoms with van der Waals surface area (Å²) < 4.78 is 20.7. The highest BCUT2D eigenvalue weighted by Crippen LogP contribution is 2.40. The molecule has 0 atom stereocenters. The zero-order valence-corrected chi connectivity index (χ0v) is 18.5. The number of hydrogen-bond acceptors (Lipinski definition) is 6. The summed E-state index contributed by atoms with van der Waals surface area (Å²) in [7, 11) is 1.56. The predicted octanol–water partition coefficient (Wildman–Crippen LogP) is 3.32. The number of hydrogen-bond donors (Lipinski definition) is 2. The van der Waals surface area contributed by atoms with Gasteiger partial charge in [0, 0.05) is 37.2 Å². The van der Waals surface area contributed by atoms with Crippen LogP contribution in [0, 0.1) is 0 Å². The number of amides is 1. The smallest absolute Gasteiger partial charge is 0.241 e. The summed E-state index contributed by atoms with van der Waals surface area (Å²) in [5.74, 6) is 1.20. The second-order valence-electron chi connectivity index (χ2n) is 7.59. The van der Waals surface area contributed by atoms with Gasteiger partial charge in [0.1, 0.15) is 18.1 Å². The van der Waals surface area contributed by atoms with E-state index >= 15 is 0 Å². The Bertz CT molecular complexity index is 1010. The average molecular weight is 441 g/mol. The summed E-state index contributed by atoms with van der Waals surface area (Å²) >= 11 is 0. The molecule has 2 heterocycles. The van der Waals surface area contributed by atoms with E-state index in [2.05, 4.69) is 32.5 Å². The molecule has 2 aromatic rings. The highest BCUT2D eigenvalue weighted by Gasteiger charge is 2.28. The maximum absolute atomic E-state index is 13.8. The van der Waals surface area contributed by atoms with E-state index in [0.29, 0.717) is 42.6 Å². The maximum Gasteiger partial charge on any atom is 0.241 e. The third-order valence-electron chi connectivity index (χ3n) is 5.04. The zero-order valence-electron chi connectivity index (χ0n) is 18.5. The molecule has 32 heavy (non-hydrogen) atoms. The van der Waals surface area contributed by atoms with Crippen molar-refractivity contribution in [1.29, 1.82) is 0 Å². The highest BCUT2D eigenvalue weighted by atomic mass is 19.1. The van der Waals surface area contributed by atoms with E-state index in [4.69, 9.17) is 4.74 Å². The molecule has 1 aliphatic rings. The number of anilines is 1. The van der Waals surface area contributed by atoms with Crippen molar-refractivity contribution in [3.8, 4) is 5.75 Å². The molecule has 0 aromatic carbocycles. The second-order valence-corrected chi connectivity index (χ2v) is 7.59. The van der Waals surface area contributed by atoms with Gasteiger partial charge in [0.2, 0.25) is 5.91 Å². The maximum atomic E-state index is 13.8. The van der Waals surface area contributed by atoms with Gasteiger partial charge in [-0.2, -0.15) is 10.2 Å². The third-order valence-corrected chi connectivity index (χ3v) is 5.04. The Labute approximate surface area is 187 Å². The van der Waals surface area contributed by atoms with E-state index in [1.807, 2.05) is 6.07 Å². The Morgan fingerprint density at radius 2 is 2.19 bits per heavy atom. The van der Waals surface area contributed by atoms with Crippen LogP contribution in [0.3, 0.4) is 0 Å². The number of carbonyl (C=O) groups is 1. The number of allylic oxidation sites excluding steroid dienone is 5. The van der Waals surface area contributed by atoms with Crippen LogP contribution in [0.4, 0.5) is 10.2 Å². The molecule has 0 radical (unpaired) electrons. The van der Waals surface area contributed by atoms with E-state index in [1.54, 1.807) is 30.9 Å². The second kappa shape index (κ2) is 11.2. The molecule has 0 saturated heterocycles. The van der Waals surface area contributed by atoms with E-state index in [9.17, 15) is 9.18 Å². The molecule has 8 nitrogen and oxygen atoms in total. The van der Waals surface area contributed by atoms with Crippen LogP contribution >= 0.6 is 0 Å². The van der Waals surface area contributed by atoms with Crippen molar-refractivity contribution >= 4 is 11.7 Å². The largest absolute Gasteiger partial charge is 0.495 e. The third kappa shape index (κ3) is 6.76. The molecule has 2 N–H and O–H groups in total. The molecule has 1 aliphatic carbocycles. The summed E-state index contributed by atoms with van der Waals surface area (Å²) in [5.41, 5.74) is 2.37. The summed E-state index contributed by atoms with van der Waals surface area (Å²) in [5, 5.41) is 18.3. The molecule has 0 bridgehead atoms. The molecule has 9 heteroatoms. The lowest BCUT2D eigenvalue weighted by atomic mass is 10.2. The van der Waals surface area contributed by atoms with E-state index in [-0.39, 0.29) is 18.3 Å². The number of ether oxygens (including phenoxy) is 1. The molecule has 1 saturated carbocycles. The monoisotopic (exact) mass is 440 g/mol. The number of halogens is 1. The number of nitrogens with one attached hydrogen (secondary N) is 2. The van der Waals surface area contributed by atoms with Gasteiger partial charge in [-0.05, 0) is 37.5 Å². The normalized spacial score (nSPS) is 14.2. The number of rotatable bonds is 12. The Hall–Kier alpha value is -3.49. The molecule has 0 aliphatic heterocycles. The average Bonchev–Trinajstić information content (AvgIpc) is 3.57. The van der Waals surface area contributed by atoms with Crippen molar-refractivity contribution in [3.05, 3.63) is 65.9 Å². The summed E-state index contributed by atoms with van der Waals surface area (Å²) in [6.07, 6.45) is 8.87. The highest BCUT2D eigenvalue weighted by molar-refractivity contribution is 5.75. The van der Waals surface area contributed by atoms with Crippen molar-refractivity contribution in [2.45, 2.75) is 38.6 Å². The molecule has 3 rings (SSSR count). The summed E-state index contributed by atoms with van der Waals surface area (Å²) in [6.45, 7) is 6.32. The van der Waals surface area contributed by atoms with E-state index in [1.165, 1.54) is 18.3 Å². The molecule has 1 amide bonds. The van der Waals surface area contributed by atoms with Crippen LogP contribution in [0.15, 0.2) is 54.5 Å². The molecular formula is C23H29FN6O2. The molecule has 1 fully saturated rings. The van der Waals surface area contributed by atoms with Gasteiger partial charge < -0.3 is 15.4 Å².